The zero-order valence-electron chi connectivity index (χ0n) is 17.5. The van der Waals surface area contributed by atoms with Crippen LogP contribution in [0.1, 0.15) is 25.0 Å². The second-order valence-electron chi connectivity index (χ2n) is 8.20. The van der Waals surface area contributed by atoms with Crippen LogP contribution in [0.4, 0.5) is 0 Å². The highest BCUT2D eigenvalue weighted by atomic mass is 16.6. The van der Waals surface area contributed by atoms with Gasteiger partial charge in [-0.2, -0.15) is 5.26 Å². The summed E-state index contributed by atoms with van der Waals surface area (Å²) >= 11 is 0. The van der Waals surface area contributed by atoms with Crippen molar-refractivity contribution in [3.8, 4) is 29.0 Å². The van der Waals surface area contributed by atoms with E-state index < -0.39 is 11.2 Å². The standard InChI is InChI=1S/C25H19N3O4/c1-25(2)22(10-18-9-17-7-8-24(29)30-20(17)12-21(18)32-25)31-23-11-19(27-14-28-23)16-5-3-15(13-26)4-6-16/h3-9,11-12,14,22H,10H2,1-2H3/t22-/m0/s1. The van der Waals surface area contributed by atoms with Crippen molar-refractivity contribution in [2.24, 2.45) is 0 Å². The lowest BCUT2D eigenvalue weighted by molar-refractivity contribution is -0.0287. The molecule has 1 atom stereocenters. The van der Waals surface area contributed by atoms with E-state index in [4.69, 9.17) is 19.2 Å². The molecule has 0 spiro atoms. The molecule has 0 bridgehead atoms. The van der Waals surface area contributed by atoms with Gasteiger partial charge in [-0.25, -0.2) is 14.8 Å². The maximum Gasteiger partial charge on any atom is 0.336 e. The summed E-state index contributed by atoms with van der Waals surface area (Å²) in [6.07, 6.45) is 1.77. The van der Waals surface area contributed by atoms with E-state index in [1.165, 1.54) is 12.4 Å². The minimum absolute atomic E-state index is 0.299. The molecule has 158 valence electrons. The molecular formula is C25H19N3O4. The summed E-state index contributed by atoms with van der Waals surface area (Å²) in [5, 5.41) is 9.82. The largest absolute Gasteiger partial charge is 0.484 e. The predicted octanol–water partition coefficient (Wildman–Crippen LogP) is 4.28. The molecule has 0 saturated carbocycles. The Kier molecular flexibility index (Phi) is 4.63. The molecule has 7 nitrogen and oxygen atoms in total. The summed E-state index contributed by atoms with van der Waals surface area (Å²) in [4.78, 5) is 20.2. The summed E-state index contributed by atoms with van der Waals surface area (Å²) in [6, 6.07) is 17.9. The Balaban J connectivity index is 1.44. The number of nitrogens with zero attached hydrogens (tertiary/aromatic N) is 3. The Bertz CT molecular complexity index is 1420. The van der Waals surface area contributed by atoms with Crippen molar-refractivity contribution in [2.45, 2.75) is 32.0 Å². The number of aromatic nitrogens is 2. The van der Waals surface area contributed by atoms with Crippen LogP contribution >= 0.6 is 0 Å². The van der Waals surface area contributed by atoms with Crippen molar-refractivity contribution in [1.82, 2.24) is 9.97 Å². The van der Waals surface area contributed by atoms with Crippen molar-refractivity contribution in [1.29, 1.82) is 5.26 Å². The van der Waals surface area contributed by atoms with E-state index >= 15 is 0 Å². The SMILES string of the molecule is CC1(C)Oc2cc3oc(=O)ccc3cc2C[C@@H]1Oc1cc(-c2ccc(C#N)cc2)ncn1. The third-order valence-corrected chi connectivity index (χ3v) is 5.57. The molecule has 32 heavy (non-hydrogen) atoms. The normalized spacial score (nSPS) is 16.6. The highest BCUT2D eigenvalue weighted by molar-refractivity contribution is 5.79. The van der Waals surface area contributed by atoms with Gasteiger partial charge in [-0.05, 0) is 43.7 Å². The lowest BCUT2D eigenvalue weighted by Crippen LogP contribution is -2.49. The molecule has 0 N–H and O–H groups in total. The minimum Gasteiger partial charge on any atom is -0.484 e. The number of nitriles is 1. The van der Waals surface area contributed by atoms with Crippen molar-refractivity contribution in [2.75, 3.05) is 0 Å². The molecule has 0 fully saturated rings. The molecule has 1 aliphatic rings. The average molecular weight is 425 g/mol. The van der Waals surface area contributed by atoms with Crippen LogP contribution in [-0.2, 0) is 6.42 Å². The third-order valence-electron chi connectivity index (χ3n) is 5.57. The van der Waals surface area contributed by atoms with E-state index in [1.54, 1.807) is 30.3 Å². The van der Waals surface area contributed by atoms with E-state index in [2.05, 4.69) is 16.0 Å². The first-order valence-corrected chi connectivity index (χ1v) is 10.2. The maximum absolute atomic E-state index is 11.5. The van der Waals surface area contributed by atoms with Crippen molar-refractivity contribution in [3.63, 3.8) is 0 Å². The first kappa shape index (κ1) is 19.8. The smallest absolute Gasteiger partial charge is 0.336 e. The van der Waals surface area contributed by atoms with Crippen LogP contribution in [0.15, 0.2) is 70.1 Å². The van der Waals surface area contributed by atoms with Crippen molar-refractivity contribution in [3.05, 3.63) is 82.5 Å². The molecule has 4 aromatic rings. The summed E-state index contributed by atoms with van der Waals surface area (Å²) < 4.78 is 17.8. The lowest BCUT2D eigenvalue weighted by Gasteiger charge is -2.39. The number of fused-ring (bicyclic) bond motifs is 2. The van der Waals surface area contributed by atoms with Crippen LogP contribution in [0.5, 0.6) is 11.6 Å². The zero-order chi connectivity index (χ0) is 22.3. The molecular weight excluding hydrogens is 406 g/mol. The molecule has 0 radical (unpaired) electrons. The number of hydrogen-bond acceptors (Lipinski definition) is 7. The van der Waals surface area contributed by atoms with Gasteiger partial charge >= 0.3 is 5.63 Å². The van der Waals surface area contributed by atoms with Crippen molar-refractivity contribution < 1.29 is 13.9 Å². The quantitative estimate of drug-likeness (QED) is 0.452. The maximum atomic E-state index is 11.5. The lowest BCUT2D eigenvalue weighted by atomic mass is 9.90. The third kappa shape index (κ3) is 3.67. The summed E-state index contributed by atoms with van der Waals surface area (Å²) in [7, 11) is 0. The molecule has 0 unspecified atom stereocenters. The topological polar surface area (TPSA) is 98.2 Å². The number of ether oxygens (including phenoxy) is 2. The molecule has 2 aromatic carbocycles. The average Bonchev–Trinajstić information content (AvgIpc) is 2.78. The monoisotopic (exact) mass is 425 g/mol. The van der Waals surface area contributed by atoms with Gasteiger partial charge in [0.05, 0.1) is 17.3 Å². The van der Waals surface area contributed by atoms with E-state index in [-0.39, 0.29) is 6.10 Å². The summed E-state index contributed by atoms with van der Waals surface area (Å²) in [5.41, 5.74) is 2.59. The van der Waals surface area contributed by atoms with Gasteiger partial charge < -0.3 is 13.9 Å². The molecule has 5 rings (SSSR count). The van der Waals surface area contributed by atoms with Gasteiger partial charge in [0.15, 0.2) is 0 Å². The first-order chi connectivity index (χ1) is 15.4. The molecule has 0 amide bonds. The van der Waals surface area contributed by atoms with Crippen LogP contribution in [0.25, 0.3) is 22.2 Å². The molecule has 0 aliphatic carbocycles. The Morgan fingerprint density at radius 2 is 1.91 bits per heavy atom. The second kappa shape index (κ2) is 7.50. The van der Waals surface area contributed by atoms with Gasteiger partial charge in [0.25, 0.3) is 0 Å². The van der Waals surface area contributed by atoms with Gasteiger partial charge in [0.1, 0.15) is 29.4 Å². The Morgan fingerprint density at radius 3 is 2.69 bits per heavy atom. The predicted molar refractivity (Wildman–Crippen MR) is 117 cm³/mol. The fourth-order valence-corrected chi connectivity index (χ4v) is 3.80. The van der Waals surface area contributed by atoms with Gasteiger partial charge in [0, 0.05) is 35.6 Å². The number of rotatable bonds is 3. The fraction of sp³-hybridized carbons (Fsp3) is 0.200. The molecule has 2 aromatic heterocycles. The van der Waals surface area contributed by atoms with Gasteiger partial charge in [-0.15, -0.1) is 0 Å². The van der Waals surface area contributed by atoms with Crippen LogP contribution < -0.4 is 15.1 Å². The molecule has 1 aliphatic heterocycles. The van der Waals surface area contributed by atoms with Gasteiger partial charge in [-0.1, -0.05) is 12.1 Å². The van der Waals surface area contributed by atoms with E-state index in [9.17, 15) is 4.79 Å². The van der Waals surface area contributed by atoms with Crippen LogP contribution in [0, 0.1) is 11.3 Å². The molecule has 3 heterocycles. The van der Waals surface area contributed by atoms with Crippen molar-refractivity contribution >= 4 is 11.0 Å². The Hall–Kier alpha value is -4.18. The number of hydrogen-bond donors (Lipinski definition) is 0. The zero-order valence-corrected chi connectivity index (χ0v) is 17.5. The first-order valence-electron chi connectivity index (χ1n) is 10.2. The van der Waals surface area contributed by atoms with Crippen LogP contribution in [-0.4, -0.2) is 21.7 Å². The van der Waals surface area contributed by atoms with Crippen LogP contribution in [0.3, 0.4) is 0 Å². The Labute approximate surface area is 183 Å². The van der Waals surface area contributed by atoms with Gasteiger partial charge in [0.2, 0.25) is 5.88 Å². The Morgan fingerprint density at radius 1 is 1.09 bits per heavy atom. The number of benzene rings is 2. The van der Waals surface area contributed by atoms with E-state index in [1.807, 2.05) is 32.0 Å². The van der Waals surface area contributed by atoms with Gasteiger partial charge in [-0.3, -0.25) is 0 Å². The summed E-state index contributed by atoms with van der Waals surface area (Å²) in [6.45, 7) is 3.91. The highest BCUT2D eigenvalue weighted by Crippen LogP contribution is 2.37. The molecule has 0 saturated heterocycles. The van der Waals surface area contributed by atoms with Crippen LogP contribution in [0.2, 0.25) is 0 Å². The highest BCUT2D eigenvalue weighted by Gasteiger charge is 2.39. The molecule has 7 heteroatoms. The summed E-state index contributed by atoms with van der Waals surface area (Å²) in [5.74, 6) is 1.12. The fourth-order valence-electron chi connectivity index (χ4n) is 3.80. The van der Waals surface area contributed by atoms with E-state index in [0.717, 1.165) is 16.5 Å². The second-order valence-corrected chi connectivity index (χ2v) is 8.20. The van der Waals surface area contributed by atoms with E-state index in [0.29, 0.717) is 34.9 Å². The minimum atomic E-state index is -0.644.